The molecule has 1 nitrogen and oxygen atoms in total. The maximum absolute atomic E-state index is 10.5. The zero-order valence-electron chi connectivity index (χ0n) is 13.5. The van der Waals surface area contributed by atoms with Crippen LogP contribution in [-0.4, -0.2) is 10.7 Å². The third-order valence-electron chi connectivity index (χ3n) is 8.91. The Balaban J connectivity index is 1.43. The fourth-order valence-corrected chi connectivity index (χ4v) is 7.59. The Bertz CT molecular complexity index is 496. The van der Waals surface area contributed by atoms with Crippen molar-refractivity contribution in [3.63, 3.8) is 0 Å². The highest BCUT2D eigenvalue weighted by atomic mass is 16.3. The van der Waals surface area contributed by atoms with E-state index in [0.717, 1.165) is 42.4 Å². The van der Waals surface area contributed by atoms with Crippen LogP contribution in [0.3, 0.4) is 0 Å². The second-order valence-corrected chi connectivity index (χ2v) is 9.39. The molecule has 5 aliphatic rings. The fraction of sp³-hybridized carbons (Fsp3) is 0.900. The Morgan fingerprint density at radius 3 is 2.33 bits per heavy atom. The largest absolute Gasteiger partial charge is 0.390 e. The van der Waals surface area contributed by atoms with Crippen molar-refractivity contribution in [3.8, 4) is 0 Å². The molecule has 1 N–H and O–H groups in total. The summed E-state index contributed by atoms with van der Waals surface area (Å²) in [6.45, 7) is 6.95. The zero-order valence-corrected chi connectivity index (χ0v) is 13.5. The summed E-state index contributed by atoms with van der Waals surface area (Å²) in [5, 5.41) is 10.5. The first kappa shape index (κ1) is 13.2. The van der Waals surface area contributed by atoms with Crippen LogP contribution < -0.4 is 0 Å². The molecule has 0 amide bonds. The van der Waals surface area contributed by atoms with Gasteiger partial charge < -0.3 is 5.11 Å². The predicted molar refractivity (Wildman–Crippen MR) is 84.7 cm³/mol. The van der Waals surface area contributed by atoms with Crippen molar-refractivity contribution in [2.45, 2.75) is 70.3 Å². The molecule has 8 atom stereocenters. The van der Waals surface area contributed by atoms with Gasteiger partial charge in [0.1, 0.15) is 0 Å². The number of aliphatic hydroxyl groups is 1. The molecule has 0 heterocycles. The molecule has 21 heavy (non-hydrogen) atoms. The van der Waals surface area contributed by atoms with Gasteiger partial charge in [0.2, 0.25) is 0 Å². The van der Waals surface area contributed by atoms with Crippen LogP contribution in [0.1, 0.15) is 64.7 Å². The van der Waals surface area contributed by atoms with Crippen LogP contribution >= 0.6 is 0 Å². The van der Waals surface area contributed by atoms with Gasteiger partial charge in [0, 0.05) is 0 Å². The number of hydrogen-bond acceptors (Lipinski definition) is 1. The van der Waals surface area contributed by atoms with Crippen molar-refractivity contribution in [2.24, 2.45) is 40.9 Å². The van der Waals surface area contributed by atoms with E-state index in [1.807, 2.05) is 0 Å². The van der Waals surface area contributed by atoms with Crippen molar-refractivity contribution >= 4 is 0 Å². The molecular weight excluding hydrogens is 256 g/mol. The van der Waals surface area contributed by atoms with E-state index in [1.165, 1.54) is 44.9 Å². The Morgan fingerprint density at radius 1 is 0.905 bits per heavy atom. The second-order valence-electron chi connectivity index (χ2n) is 9.39. The van der Waals surface area contributed by atoms with Crippen LogP contribution in [-0.2, 0) is 0 Å². The van der Waals surface area contributed by atoms with Crippen molar-refractivity contribution < 1.29 is 5.11 Å². The molecule has 0 aromatic rings. The molecule has 116 valence electrons. The predicted octanol–water partition coefficient (Wildman–Crippen LogP) is 4.56. The quantitative estimate of drug-likeness (QED) is 0.647. The summed E-state index contributed by atoms with van der Waals surface area (Å²) in [5.74, 6) is 5.41. The summed E-state index contributed by atoms with van der Waals surface area (Å²) in [6, 6.07) is 0. The first-order valence-corrected chi connectivity index (χ1v) is 9.43. The molecule has 5 aliphatic carbocycles. The minimum absolute atomic E-state index is 0.209. The highest BCUT2D eigenvalue weighted by molar-refractivity contribution is 5.21. The van der Waals surface area contributed by atoms with Gasteiger partial charge in [-0.1, -0.05) is 19.1 Å². The molecule has 5 fully saturated rings. The van der Waals surface area contributed by atoms with E-state index in [2.05, 4.69) is 13.5 Å². The standard InChI is InChI=1S/C20H30O/c1-12-3-6-17-15-4-5-16-14(8-10-20(21)11-18(16)20)13(15)7-9-19(12,17)2/h13-18,21H,1,3-11H2,2H3/t13-,14-,15-,16-,17+,18?,19-,20+/m1/s1. The third kappa shape index (κ3) is 1.57. The zero-order chi connectivity index (χ0) is 14.4. The molecule has 0 aromatic carbocycles. The van der Waals surface area contributed by atoms with E-state index in [1.54, 1.807) is 5.57 Å². The van der Waals surface area contributed by atoms with Gasteiger partial charge in [-0.15, -0.1) is 0 Å². The van der Waals surface area contributed by atoms with Crippen molar-refractivity contribution in [1.29, 1.82) is 0 Å². The van der Waals surface area contributed by atoms with Crippen LogP contribution in [0.25, 0.3) is 0 Å². The number of allylic oxidation sites excluding steroid dienone is 1. The summed E-state index contributed by atoms with van der Waals surface area (Å²) >= 11 is 0. The van der Waals surface area contributed by atoms with Gasteiger partial charge in [-0.3, -0.25) is 0 Å². The number of fused-ring (bicyclic) bond motifs is 7. The average molecular weight is 286 g/mol. The maximum atomic E-state index is 10.5. The second kappa shape index (κ2) is 3.96. The summed E-state index contributed by atoms with van der Waals surface area (Å²) in [5.41, 5.74) is 1.83. The minimum Gasteiger partial charge on any atom is -0.390 e. The molecule has 0 aromatic heterocycles. The van der Waals surface area contributed by atoms with E-state index < -0.39 is 0 Å². The van der Waals surface area contributed by atoms with Crippen molar-refractivity contribution in [3.05, 3.63) is 12.2 Å². The van der Waals surface area contributed by atoms with Crippen LogP contribution in [0, 0.1) is 40.9 Å². The lowest BCUT2D eigenvalue weighted by Gasteiger charge is -2.55. The van der Waals surface area contributed by atoms with Gasteiger partial charge in [0.25, 0.3) is 0 Å². The molecular formula is C20H30O. The lowest BCUT2D eigenvalue weighted by atomic mass is 9.50. The molecule has 0 radical (unpaired) electrons. The molecule has 0 spiro atoms. The number of hydrogen-bond donors (Lipinski definition) is 1. The average Bonchev–Trinajstić information content (AvgIpc) is 3.08. The summed E-state index contributed by atoms with van der Waals surface area (Å²) in [6.07, 6.45) is 12.0. The van der Waals surface area contributed by atoms with E-state index in [4.69, 9.17) is 0 Å². The normalized spacial score (nSPS) is 61.5. The molecule has 0 bridgehead atoms. The van der Waals surface area contributed by atoms with Gasteiger partial charge in [-0.25, -0.2) is 0 Å². The molecule has 5 rings (SSSR count). The van der Waals surface area contributed by atoms with Crippen LogP contribution in [0.4, 0.5) is 0 Å². The lowest BCUT2D eigenvalue weighted by molar-refractivity contribution is -0.0640. The van der Waals surface area contributed by atoms with E-state index >= 15 is 0 Å². The Morgan fingerprint density at radius 2 is 1.57 bits per heavy atom. The Kier molecular flexibility index (Phi) is 2.48. The maximum Gasteiger partial charge on any atom is 0.0683 e. The Labute approximate surface area is 129 Å². The summed E-state index contributed by atoms with van der Waals surface area (Å²) < 4.78 is 0. The summed E-state index contributed by atoms with van der Waals surface area (Å²) in [4.78, 5) is 0. The van der Waals surface area contributed by atoms with Crippen LogP contribution in [0.2, 0.25) is 0 Å². The van der Waals surface area contributed by atoms with Gasteiger partial charge in [0.05, 0.1) is 5.60 Å². The van der Waals surface area contributed by atoms with Crippen LogP contribution in [0.15, 0.2) is 12.2 Å². The first-order valence-electron chi connectivity index (χ1n) is 9.43. The molecule has 5 saturated carbocycles. The minimum atomic E-state index is -0.209. The topological polar surface area (TPSA) is 20.2 Å². The van der Waals surface area contributed by atoms with Crippen LogP contribution in [0.5, 0.6) is 0 Å². The highest BCUT2D eigenvalue weighted by Gasteiger charge is 2.64. The van der Waals surface area contributed by atoms with E-state index in [9.17, 15) is 5.11 Å². The third-order valence-corrected chi connectivity index (χ3v) is 8.91. The lowest BCUT2D eigenvalue weighted by Crippen LogP contribution is -2.48. The number of rotatable bonds is 0. The molecule has 0 aliphatic heterocycles. The molecule has 1 unspecified atom stereocenters. The highest BCUT2D eigenvalue weighted by Crippen LogP contribution is 2.68. The van der Waals surface area contributed by atoms with Crippen molar-refractivity contribution in [1.82, 2.24) is 0 Å². The van der Waals surface area contributed by atoms with Gasteiger partial charge >= 0.3 is 0 Å². The van der Waals surface area contributed by atoms with Crippen molar-refractivity contribution in [2.75, 3.05) is 0 Å². The Hall–Kier alpha value is -0.300. The van der Waals surface area contributed by atoms with Gasteiger partial charge in [-0.2, -0.15) is 0 Å². The van der Waals surface area contributed by atoms with Gasteiger partial charge in [0.15, 0.2) is 0 Å². The SMILES string of the molecule is C=C1CC[C@H]2[C@@H]3CC[C@H]4C5C[C@@]5(O)CC[C@@H]4[C@H]3CC[C@]12C. The monoisotopic (exact) mass is 286 g/mol. The fourth-order valence-electron chi connectivity index (χ4n) is 7.59. The smallest absolute Gasteiger partial charge is 0.0683 e. The van der Waals surface area contributed by atoms with Gasteiger partial charge in [-0.05, 0) is 98.7 Å². The summed E-state index contributed by atoms with van der Waals surface area (Å²) in [7, 11) is 0. The molecule has 0 saturated heterocycles. The van der Waals surface area contributed by atoms with E-state index in [0.29, 0.717) is 11.3 Å². The first-order chi connectivity index (χ1) is 10.0. The van der Waals surface area contributed by atoms with E-state index in [-0.39, 0.29) is 5.60 Å². The molecule has 1 heteroatoms.